The summed E-state index contributed by atoms with van der Waals surface area (Å²) in [5.41, 5.74) is 12.1. The van der Waals surface area contributed by atoms with E-state index in [4.69, 9.17) is 10.2 Å². The molecule has 6 rings (SSSR count). The number of hydrogen-bond acceptors (Lipinski definition) is 6. The van der Waals surface area contributed by atoms with Gasteiger partial charge in [0.15, 0.2) is 0 Å². The van der Waals surface area contributed by atoms with Crippen LogP contribution >= 0.6 is 0 Å². The van der Waals surface area contributed by atoms with Gasteiger partial charge in [-0.05, 0) is 54.1 Å². The van der Waals surface area contributed by atoms with Gasteiger partial charge in [0.25, 0.3) is 0 Å². The molecule has 0 fully saturated rings. The van der Waals surface area contributed by atoms with Crippen molar-refractivity contribution in [2.45, 2.75) is 6.42 Å². The number of nitrogens with zero attached hydrogens (tertiary/aromatic N) is 2. The van der Waals surface area contributed by atoms with Crippen LogP contribution in [0.15, 0.2) is 108 Å². The maximum atomic E-state index is 12.4. The van der Waals surface area contributed by atoms with E-state index in [1.807, 2.05) is 72.8 Å². The van der Waals surface area contributed by atoms with Crippen LogP contribution < -0.4 is 16.4 Å². The molecule has 0 aliphatic heterocycles. The van der Waals surface area contributed by atoms with Gasteiger partial charge in [0.1, 0.15) is 23.3 Å². The molecule has 0 bridgehead atoms. The van der Waals surface area contributed by atoms with Crippen LogP contribution in [0.5, 0.6) is 0 Å². The van der Waals surface area contributed by atoms with Crippen LogP contribution in [0, 0.1) is 0 Å². The van der Waals surface area contributed by atoms with Crippen LogP contribution in [-0.4, -0.2) is 15.9 Å². The first kappa shape index (κ1) is 22.3. The van der Waals surface area contributed by atoms with E-state index in [9.17, 15) is 4.79 Å². The fourth-order valence-corrected chi connectivity index (χ4v) is 4.33. The van der Waals surface area contributed by atoms with Crippen molar-refractivity contribution >= 4 is 50.7 Å². The van der Waals surface area contributed by atoms with Crippen molar-refractivity contribution in [3.8, 4) is 11.3 Å². The van der Waals surface area contributed by atoms with Crippen molar-refractivity contribution in [1.82, 2.24) is 9.97 Å². The third kappa shape index (κ3) is 4.70. The van der Waals surface area contributed by atoms with Gasteiger partial charge in [-0.3, -0.25) is 4.79 Å². The van der Waals surface area contributed by atoms with Crippen molar-refractivity contribution < 1.29 is 9.21 Å². The monoisotopic (exact) mass is 485 g/mol. The average molecular weight is 486 g/mol. The molecule has 0 saturated heterocycles. The summed E-state index contributed by atoms with van der Waals surface area (Å²) in [6.07, 6.45) is 1.81. The fourth-order valence-electron chi connectivity index (χ4n) is 4.33. The number of anilines is 4. The Bertz CT molecular complexity index is 1720. The summed E-state index contributed by atoms with van der Waals surface area (Å²) in [4.78, 5) is 21.2. The second-order valence-corrected chi connectivity index (χ2v) is 8.74. The lowest BCUT2D eigenvalue weighted by Gasteiger charge is -2.09. The third-order valence-corrected chi connectivity index (χ3v) is 6.13. The largest absolute Gasteiger partial charge is 0.455 e. The summed E-state index contributed by atoms with van der Waals surface area (Å²) in [6, 6.07) is 30.7. The van der Waals surface area contributed by atoms with E-state index < -0.39 is 0 Å². The number of fused-ring (bicyclic) bond motifs is 3. The highest BCUT2D eigenvalue weighted by Crippen LogP contribution is 2.35. The third-order valence-electron chi connectivity index (χ3n) is 6.13. The lowest BCUT2D eigenvalue weighted by molar-refractivity contribution is -0.115. The Morgan fingerprint density at radius 1 is 0.811 bits per heavy atom. The van der Waals surface area contributed by atoms with Crippen molar-refractivity contribution in [1.29, 1.82) is 0 Å². The molecule has 0 aliphatic rings. The molecule has 1 amide bonds. The highest BCUT2D eigenvalue weighted by atomic mass is 16.3. The van der Waals surface area contributed by atoms with Gasteiger partial charge in [0.05, 0.1) is 12.1 Å². The van der Waals surface area contributed by atoms with E-state index >= 15 is 0 Å². The van der Waals surface area contributed by atoms with Gasteiger partial charge in [-0.25, -0.2) is 9.97 Å². The maximum absolute atomic E-state index is 12.4. The number of nitrogens with two attached hydrogens (primary N) is 1. The van der Waals surface area contributed by atoms with Gasteiger partial charge in [-0.1, -0.05) is 42.5 Å². The summed E-state index contributed by atoms with van der Waals surface area (Å²) >= 11 is 0. The zero-order valence-corrected chi connectivity index (χ0v) is 19.8. The van der Waals surface area contributed by atoms with E-state index in [0.29, 0.717) is 17.2 Å². The Labute approximate surface area is 213 Å². The lowest BCUT2D eigenvalue weighted by atomic mass is 10.1. The highest BCUT2D eigenvalue weighted by molar-refractivity contribution is 6.09. The van der Waals surface area contributed by atoms with E-state index in [1.54, 1.807) is 12.1 Å². The molecule has 0 radical (unpaired) electrons. The number of furan rings is 1. The molecule has 0 unspecified atom stereocenters. The fraction of sp³-hybridized carbons (Fsp3) is 0.0333. The predicted octanol–water partition coefficient (Wildman–Crippen LogP) is 6.55. The second-order valence-electron chi connectivity index (χ2n) is 8.74. The molecular weight excluding hydrogens is 462 g/mol. The van der Waals surface area contributed by atoms with Gasteiger partial charge in [0.2, 0.25) is 5.91 Å². The van der Waals surface area contributed by atoms with Crippen LogP contribution in [0.1, 0.15) is 5.56 Å². The SMILES string of the molecule is Nc1ccc(CC(=O)Nc2ccc(Nc3cc(-c4cccc5c4oc4ccccc45)ncn3)cc2)cc1. The number of benzene rings is 4. The number of nitrogen functional groups attached to an aromatic ring is 1. The predicted molar refractivity (Wildman–Crippen MR) is 148 cm³/mol. The Balaban J connectivity index is 1.18. The molecule has 2 aromatic heterocycles. The summed E-state index contributed by atoms with van der Waals surface area (Å²) in [5.74, 6) is 0.559. The molecular formula is C30H23N5O2. The highest BCUT2D eigenvalue weighted by Gasteiger charge is 2.13. The van der Waals surface area contributed by atoms with Crippen molar-refractivity contribution in [2.24, 2.45) is 0 Å². The van der Waals surface area contributed by atoms with Crippen molar-refractivity contribution in [3.05, 3.63) is 109 Å². The molecule has 0 aliphatic carbocycles. The molecule has 0 atom stereocenters. The van der Waals surface area contributed by atoms with Crippen molar-refractivity contribution in [2.75, 3.05) is 16.4 Å². The first-order chi connectivity index (χ1) is 18.1. The molecule has 4 N–H and O–H groups in total. The topological polar surface area (TPSA) is 106 Å². The molecule has 180 valence electrons. The normalized spacial score (nSPS) is 11.0. The zero-order chi connectivity index (χ0) is 25.2. The zero-order valence-electron chi connectivity index (χ0n) is 19.8. The molecule has 7 heteroatoms. The number of nitrogens with one attached hydrogen (secondary N) is 2. The van der Waals surface area contributed by atoms with Crippen LogP contribution in [0.4, 0.5) is 22.9 Å². The molecule has 0 saturated carbocycles. The van der Waals surface area contributed by atoms with Crippen LogP contribution in [0.2, 0.25) is 0 Å². The van der Waals surface area contributed by atoms with Gasteiger partial charge in [-0.2, -0.15) is 0 Å². The van der Waals surface area contributed by atoms with Crippen molar-refractivity contribution in [3.63, 3.8) is 0 Å². The number of para-hydroxylation sites is 2. The van der Waals surface area contributed by atoms with Gasteiger partial charge < -0.3 is 20.8 Å². The lowest BCUT2D eigenvalue weighted by Crippen LogP contribution is -2.14. The van der Waals surface area contributed by atoms with Crippen LogP contribution in [0.3, 0.4) is 0 Å². The van der Waals surface area contributed by atoms with Gasteiger partial charge in [0, 0.05) is 39.5 Å². The number of carbonyl (C=O) groups excluding carboxylic acids is 1. The summed E-state index contributed by atoms with van der Waals surface area (Å²) < 4.78 is 6.16. The molecule has 37 heavy (non-hydrogen) atoms. The molecule has 2 heterocycles. The molecule has 6 aromatic rings. The number of rotatable bonds is 6. The number of aromatic nitrogens is 2. The Hall–Kier alpha value is -5.17. The number of amides is 1. The molecule has 0 spiro atoms. The summed E-state index contributed by atoms with van der Waals surface area (Å²) in [7, 11) is 0. The minimum atomic E-state index is -0.0920. The van der Waals surface area contributed by atoms with E-state index in [-0.39, 0.29) is 12.3 Å². The minimum Gasteiger partial charge on any atom is -0.455 e. The van der Waals surface area contributed by atoms with E-state index in [2.05, 4.69) is 32.7 Å². The standard InChI is InChI=1S/C30H23N5O2/c31-20-10-8-19(9-11-20)16-29(36)35-22-14-12-21(13-15-22)34-28-17-26(32-18-33-28)25-6-3-5-24-23-4-1-2-7-27(23)37-30(24)25/h1-15,17-18H,16,31H2,(H,35,36)(H,32,33,34). The quantitative estimate of drug-likeness (QED) is 0.231. The Morgan fingerprint density at radius 3 is 2.41 bits per heavy atom. The average Bonchev–Trinajstić information content (AvgIpc) is 3.30. The Kier molecular flexibility index (Phi) is 5.71. The first-order valence-corrected chi connectivity index (χ1v) is 11.9. The van der Waals surface area contributed by atoms with E-state index in [1.165, 1.54) is 6.33 Å². The van der Waals surface area contributed by atoms with E-state index in [0.717, 1.165) is 44.4 Å². The molecule has 4 aromatic carbocycles. The molecule has 7 nitrogen and oxygen atoms in total. The number of carbonyl (C=O) groups is 1. The van der Waals surface area contributed by atoms with Gasteiger partial charge >= 0.3 is 0 Å². The smallest absolute Gasteiger partial charge is 0.228 e. The summed E-state index contributed by atoms with van der Waals surface area (Å²) in [5, 5.41) is 8.36. The first-order valence-electron chi connectivity index (χ1n) is 11.9. The minimum absolute atomic E-state index is 0.0920. The van der Waals surface area contributed by atoms with Gasteiger partial charge in [-0.15, -0.1) is 0 Å². The van der Waals surface area contributed by atoms with Crippen LogP contribution in [0.25, 0.3) is 33.2 Å². The maximum Gasteiger partial charge on any atom is 0.228 e. The summed E-state index contributed by atoms with van der Waals surface area (Å²) in [6.45, 7) is 0. The Morgan fingerprint density at radius 2 is 1.57 bits per heavy atom. The number of hydrogen-bond donors (Lipinski definition) is 3. The van der Waals surface area contributed by atoms with Crippen LogP contribution in [-0.2, 0) is 11.2 Å². The second kappa shape index (κ2) is 9.47.